The van der Waals surface area contributed by atoms with E-state index in [0.717, 1.165) is 23.6 Å². The van der Waals surface area contributed by atoms with Crippen LogP contribution in [0.25, 0.3) is 6.08 Å². The second-order valence-electron chi connectivity index (χ2n) is 5.78. The van der Waals surface area contributed by atoms with Gasteiger partial charge >= 0.3 is 0 Å². The van der Waals surface area contributed by atoms with Gasteiger partial charge in [-0.25, -0.2) is 4.98 Å². The molecule has 5 nitrogen and oxygen atoms in total. The number of anilines is 3. The lowest BCUT2D eigenvalue weighted by atomic mass is 10.1. The Kier molecular flexibility index (Phi) is 4.37. The van der Waals surface area contributed by atoms with Crippen LogP contribution in [0.3, 0.4) is 0 Å². The third kappa shape index (κ3) is 3.56. The fourth-order valence-electron chi connectivity index (χ4n) is 2.48. The molecule has 2 heterocycles. The van der Waals surface area contributed by atoms with E-state index in [1.165, 1.54) is 0 Å². The van der Waals surface area contributed by atoms with Crippen molar-refractivity contribution in [2.45, 2.75) is 13.8 Å². The number of nitrogens with zero attached hydrogens (tertiary/aromatic N) is 3. The van der Waals surface area contributed by atoms with Gasteiger partial charge in [0.15, 0.2) is 0 Å². The quantitative estimate of drug-likeness (QED) is 0.918. The molecule has 0 radical (unpaired) electrons. The van der Waals surface area contributed by atoms with Crippen LogP contribution < -0.4 is 10.2 Å². The lowest BCUT2D eigenvalue weighted by Crippen LogP contribution is -2.34. The van der Waals surface area contributed by atoms with Crippen LogP contribution in [0.1, 0.15) is 19.4 Å². The van der Waals surface area contributed by atoms with E-state index in [1.807, 2.05) is 49.5 Å². The number of fused-ring (bicyclic) bond motifs is 1. The van der Waals surface area contributed by atoms with Gasteiger partial charge in [0.05, 0.1) is 0 Å². The molecule has 1 aliphatic heterocycles. The molecular weight excluding hydrogens is 288 g/mol. The molecule has 0 spiro atoms. The van der Waals surface area contributed by atoms with Crippen molar-refractivity contribution in [2.75, 3.05) is 23.3 Å². The number of ketones is 1. The van der Waals surface area contributed by atoms with E-state index in [9.17, 15) is 4.79 Å². The second-order valence-corrected chi connectivity index (χ2v) is 5.78. The van der Waals surface area contributed by atoms with E-state index >= 15 is 0 Å². The first-order valence-corrected chi connectivity index (χ1v) is 7.74. The predicted molar refractivity (Wildman–Crippen MR) is 92.8 cm³/mol. The molecule has 1 aromatic heterocycles. The van der Waals surface area contributed by atoms with Gasteiger partial charge in [-0.05, 0) is 19.1 Å². The van der Waals surface area contributed by atoms with Gasteiger partial charge in [-0.2, -0.15) is 4.98 Å². The zero-order chi connectivity index (χ0) is 16.2. The zero-order valence-electron chi connectivity index (χ0n) is 13.4. The highest BCUT2D eigenvalue weighted by Gasteiger charge is 2.20. The van der Waals surface area contributed by atoms with Crippen LogP contribution in [0.4, 0.5) is 17.5 Å². The molecule has 1 aliphatic rings. The fourth-order valence-corrected chi connectivity index (χ4v) is 2.48. The van der Waals surface area contributed by atoms with Crippen LogP contribution in [-0.4, -0.2) is 28.8 Å². The molecule has 0 amide bonds. The average Bonchev–Trinajstić information content (AvgIpc) is 2.56. The van der Waals surface area contributed by atoms with Gasteiger partial charge in [0.2, 0.25) is 5.95 Å². The summed E-state index contributed by atoms with van der Waals surface area (Å²) in [4.78, 5) is 22.7. The number of nitrogens with one attached hydrogen (secondary N) is 1. The number of benzene rings is 1. The molecule has 3 rings (SSSR count). The topological polar surface area (TPSA) is 58.1 Å². The standard InChI is InChI=1S/C18H20N4O/c1-13(14(2)23)12-22-10-6-7-15-11-19-18(21-17(15)22)20-16-8-4-3-5-9-16/h3-9,11,13H,10,12H2,1-2H3,(H,19,20,21). The molecule has 5 heteroatoms. The Labute approximate surface area is 136 Å². The third-order valence-corrected chi connectivity index (χ3v) is 3.94. The normalized spacial score (nSPS) is 14.3. The summed E-state index contributed by atoms with van der Waals surface area (Å²) in [5.41, 5.74) is 1.92. The SMILES string of the molecule is CC(=O)C(C)CN1CC=Cc2cnc(Nc3ccccc3)nc21. The minimum atomic E-state index is -0.0187. The monoisotopic (exact) mass is 308 g/mol. The van der Waals surface area contributed by atoms with Gasteiger partial charge in [-0.1, -0.05) is 37.3 Å². The Morgan fingerprint density at radius 3 is 2.87 bits per heavy atom. The molecule has 1 unspecified atom stereocenters. The molecular formula is C18H20N4O. The summed E-state index contributed by atoms with van der Waals surface area (Å²) in [6.45, 7) is 5.00. The summed E-state index contributed by atoms with van der Waals surface area (Å²) in [5, 5.41) is 3.21. The lowest BCUT2D eigenvalue weighted by molar-refractivity contribution is -0.119. The van der Waals surface area contributed by atoms with Gasteiger partial charge in [0, 0.05) is 36.5 Å². The maximum atomic E-state index is 11.5. The van der Waals surface area contributed by atoms with Crippen molar-refractivity contribution in [1.29, 1.82) is 0 Å². The van der Waals surface area contributed by atoms with Crippen LogP contribution >= 0.6 is 0 Å². The van der Waals surface area contributed by atoms with E-state index < -0.39 is 0 Å². The third-order valence-electron chi connectivity index (χ3n) is 3.94. The van der Waals surface area contributed by atoms with Crippen LogP contribution in [0, 0.1) is 5.92 Å². The van der Waals surface area contributed by atoms with Crippen molar-refractivity contribution in [3.8, 4) is 0 Å². The molecule has 0 bridgehead atoms. The van der Waals surface area contributed by atoms with Gasteiger partial charge in [0.25, 0.3) is 0 Å². The average molecular weight is 308 g/mol. The first-order chi connectivity index (χ1) is 11.1. The largest absolute Gasteiger partial charge is 0.352 e. The number of carbonyl (C=O) groups is 1. The Hall–Kier alpha value is -2.69. The van der Waals surface area contributed by atoms with Gasteiger partial charge in [-0.15, -0.1) is 0 Å². The number of hydrogen-bond acceptors (Lipinski definition) is 5. The Bertz CT molecular complexity index is 727. The lowest BCUT2D eigenvalue weighted by Gasteiger charge is -2.28. The van der Waals surface area contributed by atoms with Crippen molar-refractivity contribution in [3.05, 3.63) is 48.2 Å². The number of rotatable bonds is 5. The molecule has 1 N–H and O–H groups in total. The summed E-state index contributed by atoms with van der Waals surface area (Å²) in [6.07, 6.45) is 5.91. The highest BCUT2D eigenvalue weighted by atomic mass is 16.1. The summed E-state index contributed by atoms with van der Waals surface area (Å²) < 4.78 is 0. The molecule has 0 saturated heterocycles. The number of carbonyl (C=O) groups excluding carboxylic acids is 1. The summed E-state index contributed by atoms with van der Waals surface area (Å²) >= 11 is 0. The number of aromatic nitrogens is 2. The van der Waals surface area contributed by atoms with Crippen molar-refractivity contribution in [1.82, 2.24) is 9.97 Å². The van der Waals surface area contributed by atoms with Crippen molar-refractivity contribution >= 4 is 29.3 Å². The van der Waals surface area contributed by atoms with Crippen LogP contribution in [-0.2, 0) is 4.79 Å². The van der Waals surface area contributed by atoms with Gasteiger partial charge in [-0.3, -0.25) is 4.79 Å². The van der Waals surface area contributed by atoms with E-state index in [2.05, 4.69) is 26.3 Å². The highest BCUT2D eigenvalue weighted by molar-refractivity contribution is 5.79. The summed E-state index contributed by atoms with van der Waals surface area (Å²) in [7, 11) is 0. The van der Waals surface area contributed by atoms with E-state index in [0.29, 0.717) is 12.5 Å². The minimum Gasteiger partial charge on any atom is -0.352 e. The molecule has 118 valence electrons. The van der Waals surface area contributed by atoms with Crippen LogP contribution in [0.2, 0.25) is 0 Å². The zero-order valence-corrected chi connectivity index (χ0v) is 13.4. The molecule has 23 heavy (non-hydrogen) atoms. The van der Waals surface area contributed by atoms with Crippen molar-refractivity contribution in [2.24, 2.45) is 5.92 Å². The molecule has 1 aromatic carbocycles. The highest BCUT2D eigenvalue weighted by Crippen LogP contribution is 2.26. The molecule has 0 aliphatic carbocycles. The number of hydrogen-bond donors (Lipinski definition) is 1. The number of para-hydroxylation sites is 1. The van der Waals surface area contributed by atoms with Crippen LogP contribution in [0.5, 0.6) is 0 Å². The Morgan fingerprint density at radius 1 is 1.35 bits per heavy atom. The molecule has 2 aromatic rings. The van der Waals surface area contributed by atoms with Gasteiger partial charge in [0.1, 0.15) is 11.6 Å². The number of Topliss-reactive ketones (excluding diaryl/α,β-unsaturated/α-hetero) is 1. The fraction of sp³-hybridized carbons (Fsp3) is 0.278. The second kappa shape index (κ2) is 6.60. The predicted octanol–water partition coefficient (Wildman–Crippen LogP) is 3.28. The maximum Gasteiger partial charge on any atom is 0.229 e. The molecule has 0 saturated carbocycles. The summed E-state index contributed by atoms with van der Waals surface area (Å²) in [5.74, 6) is 1.60. The Morgan fingerprint density at radius 2 is 2.13 bits per heavy atom. The van der Waals surface area contributed by atoms with Crippen molar-refractivity contribution in [3.63, 3.8) is 0 Å². The molecule has 1 atom stereocenters. The van der Waals surface area contributed by atoms with Gasteiger partial charge < -0.3 is 10.2 Å². The van der Waals surface area contributed by atoms with Crippen molar-refractivity contribution < 1.29 is 4.79 Å². The first-order valence-electron chi connectivity index (χ1n) is 7.74. The maximum absolute atomic E-state index is 11.5. The minimum absolute atomic E-state index is 0.0187. The van der Waals surface area contributed by atoms with E-state index in [-0.39, 0.29) is 11.7 Å². The molecule has 0 fully saturated rings. The smallest absolute Gasteiger partial charge is 0.229 e. The summed E-state index contributed by atoms with van der Waals surface area (Å²) in [6, 6.07) is 9.83. The first kappa shape index (κ1) is 15.2. The van der Waals surface area contributed by atoms with Crippen LogP contribution in [0.15, 0.2) is 42.6 Å². The van der Waals surface area contributed by atoms with E-state index in [4.69, 9.17) is 0 Å². The van der Waals surface area contributed by atoms with E-state index in [1.54, 1.807) is 6.92 Å². The Balaban J connectivity index is 1.84.